The van der Waals surface area contributed by atoms with Crippen molar-refractivity contribution in [3.63, 3.8) is 0 Å². The lowest BCUT2D eigenvalue weighted by molar-refractivity contribution is 0.106. The van der Waals surface area contributed by atoms with Gasteiger partial charge in [-0.15, -0.1) is 0 Å². The molecule has 1 saturated heterocycles. The van der Waals surface area contributed by atoms with Gasteiger partial charge in [0.2, 0.25) is 23.5 Å². The normalized spacial score (nSPS) is 18.9. The molecule has 0 radical (unpaired) electrons. The standard InChI is InChI=1S/C47H49N11O3/c1-7-56-44-39(41(54-56)46(2,3)4)37(34(27-49)42(50)60-44)29-14-18-32(19-15-29)57-23-20-30(52-57)25-47(5,6)58-45-38(40(53-58)35-11-10-24-59-35)36(33(26-48)43(51)61-45)28-12-16-31(17-13-28)55-21-8-9-22-55/h8-9,12-23,35-37H,7,10-11,24-25,50-51H2,1-6H3. The molecular formula is C47H49N11O3. The average molecular weight is 816 g/mol. The fourth-order valence-electron chi connectivity index (χ4n) is 8.92. The van der Waals surface area contributed by atoms with Crippen LogP contribution in [0.1, 0.15) is 112 Å². The van der Waals surface area contributed by atoms with Gasteiger partial charge in [-0.05, 0) is 87.2 Å². The number of hydrogen-bond donors (Lipinski definition) is 2. The van der Waals surface area contributed by atoms with Crippen molar-refractivity contribution in [2.45, 2.75) is 96.2 Å². The summed E-state index contributed by atoms with van der Waals surface area (Å²) in [5, 5.41) is 35.9. The minimum atomic E-state index is -0.647. The second kappa shape index (κ2) is 14.9. The highest BCUT2D eigenvalue weighted by atomic mass is 16.5. The molecule has 9 rings (SSSR count). The second-order valence-electron chi connectivity index (χ2n) is 17.5. The molecule has 7 heterocycles. The zero-order chi connectivity index (χ0) is 42.8. The molecule has 2 aromatic carbocycles. The average Bonchev–Trinajstić information content (AvgIpc) is 4.10. The monoisotopic (exact) mass is 815 g/mol. The molecule has 4 N–H and O–H groups in total. The number of allylic oxidation sites excluding steroid dienone is 2. The van der Waals surface area contributed by atoms with Crippen LogP contribution in [0, 0.1) is 22.7 Å². The summed E-state index contributed by atoms with van der Waals surface area (Å²) < 4.78 is 26.3. The van der Waals surface area contributed by atoms with E-state index in [-0.39, 0.29) is 23.3 Å². The van der Waals surface area contributed by atoms with E-state index in [1.807, 2.05) is 111 Å². The van der Waals surface area contributed by atoms with E-state index in [1.54, 1.807) is 0 Å². The quantitative estimate of drug-likeness (QED) is 0.147. The van der Waals surface area contributed by atoms with Crippen molar-refractivity contribution in [2.75, 3.05) is 6.61 Å². The molecule has 0 bridgehead atoms. The van der Waals surface area contributed by atoms with Gasteiger partial charge in [0.1, 0.15) is 29.4 Å². The van der Waals surface area contributed by atoms with Crippen LogP contribution in [0.15, 0.2) is 108 Å². The first kappa shape index (κ1) is 39.4. The predicted octanol–water partition coefficient (Wildman–Crippen LogP) is 7.64. The smallest absolute Gasteiger partial charge is 0.224 e. The molecule has 1 fully saturated rings. The first-order valence-corrected chi connectivity index (χ1v) is 20.7. The fraction of sp³-hybridized carbons (Fsp3) is 0.340. The molecule has 3 atom stereocenters. The third-order valence-electron chi connectivity index (χ3n) is 11.9. The summed E-state index contributed by atoms with van der Waals surface area (Å²) in [6.45, 7) is 13.8. The Balaban J connectivity index is 1.03. The molecule has 14 nitrogen and oxygen atoms in total. The number of aryl methyl sites for hydroxylation is 1. The fourth-order valence-corrected chi connectivity index (χ4v) is 8.92. The highest BCUT2D eigenvalue weighted by Crippen LogP contribution is 2.50. The van der Waals surface area contributed by atoms with Crippen LogP contribution in [0.5, 0.6) is 11.8 Å². The zero-order valence-electron chi connectivity index (χ0n) is 35.3. The van der Waals surface area contributed by atoms with E-state index in [1.165, 1.54) is 0 Å². The maximum atomic E-state index is 10.5. The Morgan fingerprint density at radius 3 is 1.93 bits per heavy atom. The maximum absolute atomic E-state index is 10.5. The topological polar surface area (TPSA) is 186 Å². The Kier molecular flexibility index (Phi) is 9.64. The number of ether oxygens (including phenoxy) is 3. The summed E-state index contributed by atoms with van der Waals surface area (Å²) in [7, 11) is 0. The first-order chi connectivity index (χ1) is 29.3. The summed E-state index contributed by atoms with van der Waals surface area (Å²) in [5.74, 6) is 0.292. The van der Waals surface area contributed by atoms with Crippen LogP contribution in [0.4, 0.5) is 0 Å². The van der Waals surface area contributed by atoms with Crippen LogP contribution in [0.2, 0.25) is 0 Å². The van der Waals surface area contributed by atoms with Crippen LogP contribution in [-0.2, 0) is 28.7 Å². The Hall–Kier alpha value is -7.03. The molecule has 0 saturated carbocycles. The van der Waals surface area contributed by atoms with Gasteiger partial charge in [-0.2, -0.15) is 25.8 Å². The minimum Gasteiger partial charge on any atom is -0.422 e. The molecule has 4 aromatic heterocycles. The molecule has 0 aliphatic carbocycles. The van der Waals surface area contributed by atoms with Gasteiger partial charge < -0.3 is 30.2 Å². The van der Waals surface area contributed by atoms with E-state index in [2.05, 4.69) is 46.8 Å². The lowest BCUT2D eigenvalue weighted by Gasteiger charge is -2.30. The van der Waals surface area contributed by atoms with Crippen LogP contribution < -0.4 is 20.9 Å². The van der Waals surface area contributed by atoms with E-state index in [0.717, 1.165) is 63.6 Å². The number of nitriles is 2. The molecule has 0 spiro atoms. The Morgan fingerprint density at radius 2 is 1.36 bits per heavy atom. The molecule has 3 unspecified atom stereocenters. The maximum Gasteiger partial charge on any atom is 0.224 e. The minimum absolute atomic E-state index is 0.0592. The van der Waals surface area contributed by atoms with Crippen molar-refractivity contribution in [2.24, 2.45) is 11.5 Å². The summed E-state index contributed by atoms with van der Waals surface area (Å²) in [5.41, 5.74) is 20.5. The highest BCUT2D eigenvalue weighted by molar-refractivity contribution is 5.59. The van der Waals surface area contributed by atoms with Gasteiger partial charge in [0.25, 0.3) is 0 Å². The van der Waals surface area contributed by atoms with Crippen molar-refractivity contribution in [3.05, 3.63) is 148 Å². The number of aromatic nitrogens is 7. The molecule has 6 aromatic rings. The van der Waals surface area contributed by atoms with Crippen molar-refractivity contribution in [1.29, 1.82) is 10.5 Å². The summed E-state index contributed by atoms with van der Waals surface area (Å²) >= 11 is 0. The molecular weight excluding hydrogens is 767 g/mol. The first-order valence-electron chi connectivity index (χ1n) is 20.7. The van der Waals surface area contributed by atoms with E-state index in [0.29, 0.717) is 42.5 Å². The Bertz CT molecular complexity index is 2770. The van der Waals surface area contributed by atoms with Crippen LogP contribution in [-0.4, -0.2) is 40.5 Å². The van der Waals surface area contributed by atoms with Gasteiger partial charge in [0, 0.05) is 49.3 Å². The van der Waals surface area contributed by atoms with E-state index in [4.69, 9.17) is 41.0 Å². The van der Waals surface area contributed by atoms with Crippen molar-refractivity contribution < 1.29 is 14.2 Å². The summed E-state index contributed by atoms with van der Waals surface area (Å²) in [4.78, 5) is 0. The van der Waals surface area contributed by atoms with Crippen molar-refractivity contribution in [1.82, 2.24) is 33.9 Å². The number of hydrogen-bond acceptors (Lipinski definition) is 10. The zero-order valence-corrected chi connectivity index (χ0v) is 35.3. The predicted molar refractivity (Wildman–Crippen MR) is 228 cm³/mol. The van der Waals surface area contributed by atoms with Crippen LogP contribution in [0.3, 0.4) is 0 Å². The number of nitrogens with two attached hydrogens (primary N) is 2. The molecule has 3 aliphatic rings. The van der Waals surface area contributed by atoms with Crippen LogP contribution in [0.25, 0.3) is 11.4 Å². The van der Waals surface area contributed by atoms with Gasteiger partial charge in [0.15, 0.2) is 0 Å². The third kappa shape index (κ3) is 6.73. The summed E-state index contributed by atoms with van der Waals surface area (Å²) in [6, 6.07) is 26.8. The lowest BCUT2D eigenvalue weighted by atomic mass is 9.79. The van der Waals surface area contributed by atoms with Gasteiger partial charge >= 0.3 is 0 Å². The second-order valence-corrected chi connectivity index (χ2v) is 17.5. The van der Waals surface area contributed by atoms with Crippen molar-refractivity contribution in [3.8, 4) is 35.3 Å². The molecule has 310 valence electrons. The molecule has 14 heteroatoms. The number of nitrogens with zero attached hydrogens (tertiary/aromatic N) is 9. The third-order valence-corrected chi connectivity index (χ3v) is 11.9. The van der Waals surface area contributed by atoms with Gasteiger partial charge in [-0.25, -0.2) is 14.0 Å². The Labute approximate surface area is 354 Å². The van der Waals surface area contributed by atoms with Gasteiger partial charge in [-0.3, -0.25) is 0 Å². The van der Waals surface area contributed by atoms with E-state index < -0.39 is 17.4 Å². The summed E-state index contributed by atoms with van der Waals surface area (Å²) in [6.07, 6.45) is 7.91. The SMILES string of the molecule is CCn1nc(C(C)(C)C)c2c1OC(N)=C(C#N)C2c1ccc(-n2ccc(CC(C)(C)n3nc(C4CCCO4)c4c3OC(N)=C(C#N)C4c3ccc(-n4cccc4)cc3)n2)cc1. The van der Waals surface area contributed by atoms with Crippen LogP contribution >= 0.6 is 0 Å². The van der Waals surface area contributed by atoms with Gasteiger partial charge in [-0.1, -0.05) is 45.0 Å². The van der Waals surface area contributed by atoms with E-state index >= 15 is 0 Å². The highest BCUT2D eigenvalue weighted by Gasteiger charge is 2.43. The van der Waals surface area contributed by atoms with E-state index in [9.17, 15) is 10.5 Å². The number of fused-ring (bicyclic) bond motifs is 2. The number of rotatable bonds is 9. The molecule has 3 aliphatic heterocycles. The molecule has 61 heavy (non-hydrogen) atoms. The lowest BCUT2D eigenvalue weighted by Crippen LogP contribution is -2.32. The van der Waals surface area contributed by atoms with Crippen molar-refractivity contribution >= 4 is 0 Å². The Morgan fingerprint density at radius 1 is 0.754 bits per heavy atom. The number of benzene rings is 2. The largest absolute Gasteiger partial charge is 0.422 e. The molecule has 0 amide bonds. The van der Waals surface area contributed by atoms with Gasteiger partial charge in [0.05, 0.1) is 51.3 Å².